The van der Waals surface area contributed by atoms with Crippen LogP contribution < -0.4 is 10.9 Å². The topological polar surface area (TPSA) is 106 Å². The lowest BCUT2D eigenvalue weighted by Crippen LogP contribution is -2.23. The molecule has 25 heavy (non-hydrogen) atoms. The van der Waals surface area contributed by atoms with Crippen molar-refractivity contribution in [3.63, 3.8) is 0 Å². The molecule has 8 heteroatoms. The number of hydrogen-bond acceptors (Lipinski definition) is 5. The van der Waals surface area contributed by atoms with Gasteiger partial charge in [0.05, 0.1) is 5.69 Å². The second kappa shape index (κ2) is 6.08. The number of aromatic nitrogens is 4. The fraction of sp³-hybridized carbons (Fsp3) is 0.0588. The number of carbonyl (C=O) groups excluding carboxylic acids is 1. The van der Waals surface area contributed by atoms with E-state index in [4.69, 9.17) is 0 Å². The molecule has 0 atom stereocenters. The Morgan fingerprint density at radius 3 is 2.72 bits per heavy atom. The van der Waals surface area contributed by atoms with Gasteiger partial charge in [0.15, 0.2) is 0 Å². The Bertz CT molecular complexity index is 1090. The molecule has 0 fully saturated rings. The zero-order chi connectivity index (χ0) is 17.2. The first kappa shape index (κ1) is 14.9. The van der Waals surface area contributed by atoms with E-state index < -0.39 is 0 Å². The van der Waals surface area contributed by atoms with Crippen LogP contribution >= 0.6 is 0 Å². The molecule has 2 N–H and O–H groups in total. The molecular formula is C17H13N5O3. The lowest BCUT2D eigenvalue weighted by atomic mass is 10.2. The van der Waals surface area contributed by atoms with Crippen molar-refractivity contribution in [2.24, 2.45) is 0 Å². The zero-order valence-electron chi connectivity index (χ0n) is 13.0. The summed E-state index contributed by atoms with van der Waals surface area (Å²) in [5.41, 5.74) is 2.68. The van der Waals surface area contributed by atoms with Gasteiger partial charge in [0.2, 0.25) is 0 Å². The number of aromatic amines is 1. The van der Waals surface area contributed by atoms with Gasteiger partial charge in [-0.15, -0.1) is 0 Å². The molecule has 124 valence electrons. The number of nitrogens with zero attached hydrogens (tertiary/aromatic N) is 3. The van der Waals surface area contributed by atoms with Gasteiger partial charge in [0.1, 0.15) is 16.7 Å². The number of para-hydroxylation sites is 1. The highest BCUT2D eigenvalue weighted by Gasteiger charge is 2.12. The third-order valence-corrected chi connectivity index (χ3v) is 3.75. The second-order valence-electron chi connectivity index (χ2n) is 5.45. The van der Waals surface area contributed by atoms with E-state index in [9.17, 15) is 9.59 Å². The minimum absolute atomic E-state index is 0.193. The van der Waals surface area contributed by atoms with Crippen molar-refractivity contribution in [1.82, 2.24) is 25.4 Å². The average Bonchev–Trinajstić information content (AvgIpc) is 3.26. The van der Waals surface area contributed by atoms with E-state index in [1.54, 1.807) is 24.3 Å². The number of hydrogen-bond donors (Lipinski definition) is 2. The van der Waals surface area contributed by atoms with Crippen molar-refractivity contribution in [3.05, 3.63) is 76.2 Å². The Hall–Kier alpha value is -3.68. The summed E-state index contributed by atoms with van der Waals surface area (Å²) in [5, 5.41) is 13.1. The summed E-state index contributed by atoms with van der Waals surface area (Å²) in [6.45, 7) is 0.292. The maximum Gasteiger partial charge on any atom is 0.271 e. The van der Waals surface area contributed by atoms with Gasteiger partial charge in [-0.3, -0.25) is 14.7 Å². The predicted molar refractivity (Wildman–Crippen MR) is 89.4 cm³/mol. The van der Waals surface area contributed by atoms with Crippen molar-refractivity contribution < 1.29 is 9.42 Å². The molecule has 2 aromatic heterocycles. The second-order valence-corrected chi connectivity index (χ2v) is 5.45. The summed E-state index contributed by atoms with van der Waals surface area (Å²) in [7, 11) is 0. The summed E-state index contributed by atoms with van der Waals surface area (Å²) >= 11 is 0. The SMILES string of the molecule is O=C(NCc1ccc2nonc2c1)c1cc(=O)n(-c2ccccc2)[nH]1. The molecule has 0 saturated carbocycles. The van der Waals surface area contributed by atoms with Gasteiger partial charge in [0, 0.05) is 12.6 Å². The van der Waals surface area contributed by atoms with Gasteiger partial charge in [-0.25, -0.2) is 9.31 Å². The lowest BCUT2D eigenvalue weighted by Gasteiger charge is -2.04. The Kier molecular flexibility index (Phi) is 3.62. The monoisotopic (exact) mass is 335 g/mol. The molecule has 8 nitrogen and oxygen atoms in total. The summed E-state index contributed by atoms with van der Waals surface area (Å²) in [5.74, 6) is -0.370. The van der Waals surface area contributed by atoms with Crippen LogP contribution in [0.4, 0.5) is 0 Å². The largest absolute Gasteiger partial charge is 0.347 e. The van der Waals surface area contributed by atoms with Crippen LogP contribution in [0.3, 0.4) is 0 Å². The van der Waals surface area contributed by atoms with Gasteiger partial charge >= 0.3 is 0 Å². The minimum Gasteiger partial charge on any atom is -0.347 e. The number of amides is 1. The average molecular weight is 335 g/mol. The number of benzene rings is 2. The van der Waals surface area contributed by atoms with E-state index in [0.29, 0.717) is 23.3 Å². The third-order valence-electron chi connectivity index (χ3n) is 3.75. The molecule has 2 heterocycles. The van der Waals surface area contributed by atoms with Crippen molar-refractivity contribution in [2.75, 3.05) is 0 Å². The Labute approximate surface area is 141 Å². The van der Waals surface area contributed by atoms with Gasteiger partial charge in [-0.1, -0.05) is 24.3 Å². The van der Waals surface area contributed by atoms with E-state index in [1.165, 1.54) is 10.7 Å². The highest BCUT2D eigenvalue weighted by molar-refractivity contribution is 5.92. The number of carbonyl (C=O) groups is 1. The zero-order valence-corrected chi connectivity index (χ0v) is 13.0. The standard InChI is InChI=1S/C17H13N5O3/c23-16-9-15(19-22(16)12-4-2-1-3-5-12)17(24)18-10-11-6-7-13-14(8-11)21-25-20-13/h1-9,19H,10H2,(H,18,24). The molecule has 2 aromatic carbocycles. The van der Waals surface area contributed by atoms with Crippen LogP contribution in [0.2, 0.25) is 0 Å². The minimum atomic E-state index is -0.370. The van der Waals surface area contributed by atoms with E-state index in [1.807, 2.05) is 24.3 Å². The first-order valence-electron chi connectivity index (χ1n) is 7.57. The van der Waals surface area contributed by atoms with Gasteiger partial charge in [0.25, 0.3) is 11.5 Å². The van der Waals surface area contributed by atoms with Crippen LogP contribution in [0.1, 0.15) is 16.1 Å². The van der Waals surface area contributed by atoms with Gasteiger partial charge in [-0.05, 0) is 40.1 Å². The molecule has 0 unspecified atom stereocenters. The molecule has 0 saturated heterocycles. The molecule has 4 aromatic rings. The lowest BCUT2D eigenvalue weighted by molar-refractivity contribution is 0.0945. The van der Waals surface area contributed by atoms with Crippen LogP contribution in [0, 0.1) is 0 Å². The van der Waals surface area contributed by atoms with Crippen molar-refractivity contribution >= 4 is 16.9 Å². The van der Waals surface area contributed by atoms with E-state index >= 15 is 0 Å². The van der Waals surface area contributed by atoms with E-state index in [0.717, 1.165) is 5.56 Å². The van der Waals surface area contributed by atoms with E-state index in [2.05, 4.69) is 25.4 Å². The molecule has 4 rings (SSSR count). The van der Waals surface area contributed by atoms with Gasteiger partial charge < -0.3 is 5.32 Å². The molecule has 0 aliphatic carbocycles. The molecule has 0 aliphatic rings. The Morgan fingerprint density at radius 1 is 1.08 bits per heavy atom. The summed E-state index contributed by atoms with van der Waals surface area (Å²) < 4.78 is 5.96. The van der Waals surface area contributed by atoms with Crippen LogP contribution in [0.15, 0.2) is 64.0 Å². The maximum atomic E-state index is 12.3. The molecule has 1 amide bonds. The highest BCUT2D eigenvalue weighted by Crippen LogP contribution is 2.11. The fourth-order valence-electron chi connectivity index (χ4n) is 2.50. The highest BCUT2D eigenvalue weighted by atomic mass is 16.6. The molecule has 0 radical (unpaired) electrons. The third kappa shape index (κ3) is 2.92. The number of fused-ring (bicyclic) bond motifs is 1. The number of rotatable bonds is 4. The first-order valence-corrected chi connectivity index (χ1v) is 7.57. The van der Waals surface area contributed by atoms with Gasteiger partial charge in [-0.2, -0.15) is 0 Å². The first-order chi connectivity index (χ1) is 12.2. The normalized spacial score (nSPS) is 10.9. The van der Waals surface area contributed by atoms with Crippen molar-refractivity contribution in [2.45, 2.75) is 6.54 Å². The quantitative estimate of drug-likeness (QED) is 0.590. The van der Waals surface area contributed by atoms with E-state index in [-0.39, 0.29) is 17.2 Å². The number of H-pyrrole nitrogens is 1. The molecule has 0 spiro atoms. The molecule has 0 aliphatic heterocycles. The number of nitrogens with one attached hydrogen (secondary N) is 2. The van der Waals surface area contributed by atoms with Crippen LogP contribution in [0.5, 0.6) is 0 Å². The van der Waals surface area contributed by atoms with Crippen molar-refractivity contribution in [3.8, 4) is 5.69 Å². The Morgan fingerprint density at radius 2 is 1.88 bits per heavy atom. The van der Waals surface area contributed by atoms with Crippen LogP contribution in [-0.4, -0.2) is 26.0 Å². The molecular weight excluding hydrogens is 322 g/mol. The summed E-state index contributed by atoms with van der Waals surface area (Å²) in [4.78, 5) is 24.3. The van der Waals surface area contributed by atoms with Crippen molar-refractivity contribution in [1.29, 1.82) is 0 Å². The maximum absolute atomic E-state index is 12.3. The Balaban J connectivity index is 1.50. The summed E-state index contributed by atoms with van der Waals surface area (Å²) in [6.07, 6.45) is 0. The summed E-state index contributed by atoms with van der Waals surface area (Å²) in [6, 6.07) is 15.7. The fourth-order valence-corrected chi connectivity index (χ4v) is 2.50. The molecule has 0 bridgehead atoms. The smallest absolute Gasteiger partial charge is 0.271 e. The van der Waals surface area contributed by atoms with Crippen LogP contribution in [0.25, 0.3) is 16.7 Å². The van der Waals surface area contributed by atoms with Crippen LogP contribution in [-0.2, 0) is 6.54 Å². The predicted octanol–water partition coefficient (Wildman–Crippen LogP) is 1.63.